The van der Waals surface area contributed by atoms with Crippen LogP contribution in [0.3, 0.4) is 0 Å². The summed E-state index contributed by atoms with van der Waals surface area (Å²) >= 11 is 7.29. The highest BCUT2D eigenvalue weighted by molar-refractivity contribution is 7.99. The molecule has 0 amide bonds. The quantitative estimate of drug-likeness (QED) is 0.674. The zero-order valence-corrected chi connectivity index (χ0v) is 12.3. The van der Waals surface area contributed by atoms with Gasteiger partial charge in [0.2, 0.25) is 5.43 Å². The van der Waals surface area contributed by atoms with Gasteiger partial charge in [0.25, 0.3) is 0 Å². The van der Waals surface area contributed by atoms with Gasteiger partial charge in [-0.25, -0.2) is 0 Å². The van der Waals surface area contributed by atoms with E-state index in [1.165, 1.54) is 23.6 Å². The SMILES string of the molecule is Cc1ccc(Sc2coc3cc(Cl)ccc3c2=O)cc1. The second-order valence-electron chi connectivity index (χ2n) is 4.48. The molecule has 4 heteroatoms. The van der Waals surface area contributed by atoms with Crippen molar-refractivity contribution in [2.75, 3.05) is 0 Å². The van der Waals surface area contributed by atoms with E-state index in [1.807, 2.05) is 31.2 Å². The highest BCUT2D eigenvalue weighted by Crippen LogP contribution is 2.27. The van der Waals surface area contributed by atoms with Crippen LogP contribution in [-0.2, 0) is 0 Å². The minimum atomic E-state index is -0.0338. The molecule has 20 heavy (non-hydrogen) atoms. The molecule has 0 fully saturated rings. The van der Waals surface area contributed by atoms with Gasteiger partial charge >= 0.3 is 0 Å². The normalized spacial score (nSPS) is 10.9. The number of hydrogen-bond donors (Lipinski definition) is 0. The lowest BCUT2D eigenvalue weighted by Crippen LogP contribution is -2.03. The van der Waals surface area contributed by atoms with Crippen LogP contribution in [0, 0.1) is 6.92 Å². The minimum Gasteiger partial charge on any atom is -0.463 e. The lowest BCUT2D eigenvalue weighted by Gasteiger charge is -2.03. The van der Waals surface area contributed by atoms with Crippen molar-refractivity contribution in [3.63, 3.8) is 0 Å². The Balaban J connectivity index is 2.04. The number of hydrogen-bond acceptors (Lipinski definition) is 3. The van der Waals surface area contributed by atoms with Crippen LogP contribution in [0.4, 0.5) is 0 Å². The molecule has 0 atom stereocenters. The van der Waals surface area contributed by atoms with Crippen LogP contribution in [0.5, 0.6) is 0 Å². The third-order valence-electron chi connectivity index (χ3n) is 2.95. The van der Waals surface area contributed by atoms with Gasteiger partial charge in [0.15, 0.2) is 0 Å². The summed E-state index contributed by atoms with van der Waals surface area (Å²) in [4.78, 5) is 14.0. The minimum absolute atomic E-state index is 0.0338. The molecule has 0 aliphatic rings. The van der Waals surface area contributed by atoms with Crippen LogP contribution in [-0.4, -0.2) is 0 Å². The van der Waals surface area contributed by atoms with Gasteiger partial charge in [-0.05, 0) is 31.2 Å². The molecule has 2 nitrogen and oxygen atoms in total. The number of halogens is 1. The third kappa shape index (κ3) is 2.60. The first-order valence-electron chi connectivity index (χ1n) is 6.09. The van der Waals surface area contributed by atoms with Gasteiger partial charge in [0.05, 0.1) is 10.3 Å². The average molecular weight is 303 g/mol. The van der Waals surface area contributed by atoms with Gasteiger partial charge in [-0.3, -0.25) is 4.79 Å². The summed E-state index contributed by atoms with van der Waals surface area (Å²) in [5, 5.41) is 1.10. The maximum absolute atomic E-state index is 12.4. The van der Waals surface area contributed by atoms with Crippen LogP contribution in [0.1, 0.15) is 5.56 Å². The van der Waals surface area contributed by atoms with Gasteiger partial charge in [-0.2, -0.15) is 0 Å². The van der Waals surface area contributed by atoms with Crippen molar-refractivity contribution in [2.45, 2.75) is 16.7 Å². The Bertz CT molecular complexity index is 822. The molecule has 1 heterocycles. The van der Waals surface area contributed by atoms with Crippen LogP contribution in [0.25, 0.3) is 11.0 Å². The lowest BCUT2D eigenvalue weighted by molar-refractivity contribution is 0.587. The van der Waals surface area contributed by atoms with Crippen LogP contribution in [0.15, 0.2) is 67.7 Å². The molecule has 0 radical (unpaired) electrons. The van der Waals surface area contributed by atoms with E-state index in [-0.39, 0.29) is 5.43 Å². The Hall–Kier alpha value is -1.71. The van der Waals surface area contributed by atoms with Gasteiger partial charge < -0.3 is 4.42 Å². The molecule has 1 aromatic heterocycles. The molecular weight excluding hydrogens is 292 g/mol. The molecule has 0 spiro atoms. The summed E-state index contributed by atoms with van der Waals surface area (Å²) in [7, 11) is 0. The van der Waals surface area contributed by atoms with Crippen molar-refractivity contribution < 1.29 is 4.42 Å². The first-order valence-corrected chi connectivity index (χ1v) is 7.28. The van der Waals surface area contributed by atoms with Crippen molar-refractivity contribution in [1.29, 1.82) is 0 Å². The van der Waals surface area contributed by atoms with E-state index in [0.29, 0.717) is 20.9 Å². The molecule has 0 unspecified atom stereocenters. The molecule has 3 rings (SSSR count). The molecule has 0 aliphatic carbocycles. The van der Waals surface area contributed by atoms with Crippen LogP contribution < -0.4 is 5.43 Å². The maximum atomic E-state index is 12.4. The molecule has 0 bridgehead atoms. The van der Waals surface area contributed by atoms with Gasteiger partial charge in [-0.1, -0.05) is 41.1 Å². The van der Waals surface area contributed by atoms with Crippen molar-refractivity contribution >= 4 is 34.3 Å². The highest BCUT2D eigenvalue weighted by Gasteiger charge is 2.08. The second-order valence-corrected chi connectivity index (χ2v) is 6.04. The molecule has 0 N–H and O–H groups in total. The molecule has 2 aromatic carbocycles. The van der Waals surface area contributed by atoms with E-state index in [0.717, 1.165) is 4.90 Å². The van der Waals surface area contributed by atoms with Crippen molar-refractivity contribution in [3.8, 4) is 0 Å². The summed E-state index contributed by atoms with van der Waals surface area (Å²) in [6, 6.07) is 13.1. The molecular formula is C16H11ClO2S. The topological polar surface area (TPSA) is 30.2 Å². The molecule has 3 aromatic rings. The average Bonchev–Trinajstić information content (AvgIpc) is 2.44. The monoisotopic (exact) mass is 302 g/mol. The van der Waals surface area contributed by atoms with E-state index in [1.54, 1.807) is 18.2 Å². The summed E-state index contributed by atoms with van der Waals surface area (Å²) in [6.45, 7) is 2.03. The first kappa shape index (κ1) is 13.3. The van der Waals surface area contributed by atoms with Crippen molar-refractivity contribution in [3.05, 3.63) is 69.5 Å². The predicted molar refractivity (Wildman–Crippen MR) is 82.8 cm³/mol. The standard InChI is InChI=1S/C16H11ClO2S/c1-10-2-5-12(6-3-10)20-15-9-19-14-8-11(17)4-7-13(14)16(15)18/h2-9H,1H3. The Morgan fingerprint density at radius 3 is 2.60 bits per heavy atom. The number of fused-ring (bicyclic) bond motifs is 1. The van der Waals surface area contributed by atoms with Gasteiger partial charge in [-0.15, -0.1) is 0 Å². The van der Waals surface area contributed by atoms with Gasteiger partial charge in [0, 0.05) is 16.0 Å². The summed E-state index contributed by atoms with van der Waals surface area (Å²) in [6.07, 6.45) is 1.49. The molecule has 0 saturated carbocycles. The van der Waals surface area contributed by atoms with E-state index >= 15 is 0 Å². The first-order chi connectivity index (χ1) is 9.63. The number of aryl methyl sites for hydroxylation is 1. The van der Waals surface area contributed by atoms with Crippen molar-refractivity contribution in [2.24, 2.45) is 0 Å². The number of rotatable bonds is 2. The van der Waals surface area contributed by atoms with Crippen LogP contribution >= 0.6 is 23.4 Å². The van der Waals surface area contributed by atoms with Crippen molar-refractivity contribution in [1.82, 2.24) is 0 Å². The Morgan fingerprint density at radius 2 is 1.85 bits per heavy atom. The smallest absolute Gasteiger partial charge is 0.206 e. The Kier molecular flexibility index (Phi) is 3.55. The Morgan fingerprint density at radius 1 is 1.10 bits per heavy atom. The molecule has 100 valence electrons. The fourth-order valence-electron chi connectivity index (χ4n) is 1.89. The Labute approximate surface area is 125 Å². The summed E-state index contributed by atoms with van der Waals surface area (Å²) < 4.78 is 5.50. The zero-order valence-electron chi connectivity index (χ0n) is 10.7. The molecule has 0 aliphatic heterocycles. The second kappa shape index (κ2) is 5.35. The van der Waals surface area contributed by atoms with E-state index in [4.69, 9.17) is 16.0 Å². The largest absolute Gasteiger partial charge is 0.463 e. The van der Waals surface area contributed by atoms with Gasteiger partial charge in [0.1, 0.15) is 11.8 Å². The highest BCUT2D eigenvalue weighted by atomic mass is 35.5. The maximum Gasteiger partial charge on any atom is 0.206 e. The van der Waals surface area contributed by atoms with Crippen LogP contribution in [0.2, 0.25) is 5.02 Å². The predicted octanol–water partition coefficient (Wildman–Crippen LogP) is 4.91. The zero-order chi connectivity index (χ0) is 14.1. The lowest BCUT2D eigenvalue weighted by atomic mass is 10.2. The fraction of sp³-hybridized carbons (Fsp3) is 0.0625. The summed E-state index contributed by atoms with van der Waals surface area (Å²) in [5.74, 6) is 0. The van der Waals surface area contributed by atoms with E-state index < -0.39 is 0 Å². The summed E-state index contributed by atoms with van der Waals surface area (Å²) in [5.41, 5.74) is 1.67. The fourth-order valence-corrected chi connectivity index (χ4v) is 2.88. The van der Waals surface area contributed by atoms with E-state index in [2.05, 4.69) is 0 Å². The molecule has 0 saturated heterocycles. The number of benzene rings is 2. The third-order valence-corrected chi connectivity index (χ3v) is 4.20. The van der Waals surface area contributed by atoms with E-state index in [9.17, 15) is 4.79 Å².